The zero-order valence-electron chi connectivity index (χ0n) is 11.8. The molecule has 2 aromatic rings. The van der Waals surface area contributed by atoms with Crippen LogP contribution in [0.15, 0.2) is 24.3 Å². The number of rotatable bonds is 4. The highest BCUT2D eigenvalue weighted by Gasteiger charge is 2.19. The van der Waals surface area contributed by atoms with Crippen molar-refractivity contribution in [3.63, 3.8) is 0 Å². The van der Waals surface area contributed by atoms with Gasteiger partial charge in [-0.2, -0.15) is 0 Å². The van der Waals surface area contributed by atoms with Crippen LogP contribution in [0.3, 0.4) is 0 Å². The summed E-state index contributed by atoms with van der Waals surface area (Å²) in [5.41, 5.74) is 7.74. The summed E-state index contributed by atoms with van der Waals surface area (Å²) < 4.78 is 5.73. The Kier molecular flexibility index (Phi) is 3.92. The summed E-state index contributed by atoms with van der Waals surface area (Å²) in [4.78, 5) is 6.24. The fourth-order valence-electron chi connectivity index (χ4n) is 2.52. The first-order valence-corrected chi connectivity index (χ1v) is 7.98. The average molecular weight is 288 g/mol. The fourth-order valence-corrected chi connectivity index (χ4v) is 3.78. The van der Waals surface area contributed by atoms with E-state index in [-0.39, 0.29) is 0 Å². The van der Waals surface area contributed by atoms with Crippen molar-refractivity contribution in [3.8, 4) is 5.75 Å². The number of nitrogen functional groups attached to an aromatic ring is 1. The predicted molar refractivity (Wildman–Crippen MR) is 83.4 cm³/mol. The van der Waals surface area contributed by atoms with E-state index < -0.39 is 0 Å². The summed E-state index contributed by atoms with van der Waals surface area (Å²) in [6.45, 7) is 3.00. The van der Waals surface area contributed by atoms with Gasteiger partial charge >= 0.3 is 0 Å². The third kappa shape index (κ3) is 3.12. The molecule has 1 aromatic carbocycles. The Morgan fingerprint density at radius 3 is 2.95 bits per heavy atom. The molecule has 1 unspecified atom stereocenters. The molecule has 0 spiro atoms. The molecular weight excluding hydrogens is 268 g/mol. The van der Waals surface area contributed by atoms with Crippen molar-refractivity contribution in [1.29, 1.82) is 0 Å². The standard InChI is InChI=1S/C16H20N2OS/c1-11-2-7-14-15(10-11)20-16(18-14)8-9-19-13-5-3-12(17)4-6-13/h3-6,11H,2,7-10,17H2,1H3. The number of anilines is 1. The van der Waals surface area contributed by atoms with Gasteiger partial charge in [0, 0.05) is 17.0 Å². The van der Waals surface area contributed by atoms with E-state index in [2.05, 4.69) is 6.92 Å². The first-order valence-electron chi connectivity index (χ1n) is 7.16. The molecule has 0 saturated carbocycles. The number of hydrogen-bond donors (Lipinski definition) is 1. The van der Waals surface area contributed by atoms with Gasteiger partial charge in [0.1, 0.15) is 5.75 Å². The average Bonchev–Trinajstić information content (AvgIpc) is 2.83. The Morgan fingerprint density at radius 2 is 2.15 bits per heavy atom. The fraction of sp³-hybridized carbons (Fsp3) is 0.438. The molecule has 0 aliphatic heterocycles. The molecule has 0 amide bonds. The van der Waals surface area contributed by atoms with Crippen LogP contribution in [0.25, 0.3) is 0 Å². The Hall–Kier alpha value is -1.55. The number of nitrogens with zero attached hydrogens (tertiary/aromatic N) is 1. The molecule has 0 bridgehead atoms. The second-order valence-electron chi connectivity index (χ2n) is 5.49. The third-order valence-electron chi connectivity index (χ3n) is 3.70. The summed E-state index contributed by atoms with van der Waals surface area (Å²) in [7, 11) is 0. The highest BCUT2D eigenvalue weighted by Crippen LogP contribution is 2.30. The highest BCUT2D eigenvalue weighted by atomic mass is 32.1. The van der Waals surface area contributed by atoms with E-state index in [9.17, 15) is 0 Å². The van der Waals surface area contributed by atoms with Gasteiger partial charge in [0.2, 0.25) is 0 Å². The van der Waals surface area contributed by atoms with Crippen LogP contribution in [0.5, 0.6) is 5.75 Å². The number of nitrogens with two attached hydrogens (primary N) is 1. The highest BCUT2D eigenvalue weighted by molar-refractivity contribution is 7.11. The minimum absolute atomic E-state index is 0.672. The van der Waals surface area contributed by atoms with Crippen LogP contribution < -0.4 is 10.5 Å². The molecule has 20 heavy (non-hydrogen) atoms. The largest absolute Gasteiger partial charge is 0.493 e. The number of aryl methyl sites for hydroxylation is 1. The lowest BCUT2D eigenvalue weighted by Crippen LogP contribution is -2.09. The van der Waals surface area contributed by atoms with E-state index in [0.717, 1.165) is 30.2 Å². The molecule has 3 nitrogen and oxygen atoms in total. The SMILES string of the molecule is CC1CCc2nc(CCOc3ccc(N)cc3)sc2C1. The van der Waals surface area contributed by atoms with E-state index in [1.54, 1.807) is 0 Å². The second kappa shape index (κ2) is 5.83. The van der Waals surface area contributed by atoms with E-state index in [0.29, 0.717) is 6.61 Å². The van der Waals surface area contributed by atoms with Crippen molar-refractivity contribution >= 4 is 17.0 Å². The molecule has 2 N–H and O–H groups in total. The zero-order chi connectivity index (χ0) is 13.9. The summed E-state index contributed by atoms with van der Waals surface area (Å²) in [6, 6.07) is 7.53. The summed E-state index contributed by atoms with van der Waals surface area (Å²) in [5, 5.41) is 1.21. The maximum absolute atomic E-state index is 5.73. The number of benzene rings is 1. The first kappa shape index (κ1) is 13.4. The molecule has 0 fully saturated rings. The van der Waals surface area contributed by atoms with Crippen LogP contribution in [0.4, 0.5) is 5.69 Å². The molecule has 1 aliphatic rings. The Bertz CT molecular complexity index is 577. The number of hydrogen-bond acceptors (Lipinski definition) is 4. The van der Waals surface area contributed by atoms with E-state index in [4.69, 9.17) is 15.5 Å². The molecule has 0 saturated heterocycles. The topological polar surface area (TPSA) is 48.1 Å². The van der Waals surface area contributed by atoms with Crippen LogP contribution in [0.1, 0.15) is 28.9 Å². The van der Waals surface area contributed by atoms with Crippen LogP contribution in [0.2, 0.25) is 0 Å². The summed E-state index contributed by atoms with van der Waals surface area (Å²) in [6.07, 6.45) is 4.51. The Morgan fingerprint density at radius 1 is 1.35 bits per heavy atom. The molecule has 0 radical (unpaired) electrons. The van der Waals surface area contributed by atoms with Gasteiger partial charge in [0.15, 0.2) is 0 Å². The quantitative estimate of drug-likeness (QED) is 0.876. The Labute approximate surface area is 123 Å². The molecular formula is C16H20N2OS. The van der Waals surface area contributed by atoms with Gasteiger partial charge in [0.05, 0.1) is 17.3 Å². The number of ether oxygens (including phenoxy) is 1. The molecule has 1 aliphatic carbocycles. The molecule has 106 valence electrons. The van der Waals surface area contributed by atoms with Crippen molar-refractivity contribution in [2.75, 3.05) is 12.3 Å². The van der Waals surface area contributed by atoms with E-state index in [1.807, 2.05) is 35.6 Å². The van der Waals surface area contributed by atoms with Crippen LogP contribution in [-0.4, -0.2) is 11.6 Å². The Balaban J connectivity index is 1.55. The van der Waals surface area contributed by atoms with E-state index >= 15 is 0 Å². The first-order chi connectivity index (χ1) is 9.70. The number of aromatic nitrogens is 1. The van der Waals surface area contributed by atoms with Crippen molar-refractivity contribution in [2.45, 2.75) is 32.6 Å². The van der Waals surface area contributed by atoms with E-state index in [1.165, 1.54) is 28.4 Å². The van der Waals surface area contributed by atoms with Crippen molar-refractivity contribution < 1.29 is 4.74 Å². The normalized spacial score (nSPS) is 17.8. The van der Waals surface area contributed by atoms with Gasteiger partial charge in [-0.15, -0.1) is 11.3 Å². The van der Waals surface area contributed by atoms with Gasteiger partial charge in [-0.05, 0) is 49.4 Å². The van der Waals surface area contributed by atoms with Gasteiger partial charge in [-0.25, -0.2) is 4.98 Å². The van der Waals surface area contributed by atoms with Crippen LogP contribution >= 0.6 is 11.3 Å². The van der Waals surface area contributed by atoms with Crippen LogP contribution in [-0.2, 0) is 19.3 Å². The third-order valence-corrected chi connectivity index (χ3v) is 4.87. The number of fused-ring (bicyclic) bond motifs is 1. The maximum Gasteiger partial charge on any atom is 0.119 e. The summed E-state index contributed by atoms with van der Waals surface area (Å²) in [5.74, 6) is 1.68. The monoisotopic (exact) mass is 288 g/mol. The van der Waals surface area contributed by atoms with Gasteiger partial charge < -0.3 is 10.5 Å². The zero-order valence-corrected chi connectivity index (χ0v) is 12.6. The van der Waals surface area contributed by atoms with Crippen molar-refractivity contribution in [1.82, 2.24) is 4.98 Å². The minimum atomic E-state index is 0.672. The van der Waals surface area contributed by atoms with Gasteiger partial charge in [-0.3, -0.25) is 0 Å². The maximum atomic E-state index is 5.73. The lowest BCUT2D eigenvalue weighted by molar-refractivity contribution is 0.321. The lowest BCUT2D eigenvalue weighted by atomic mass is 9.93. The second-order valence-corrected chi connectivity index (χ2v) is 6.66. The van der Waals surface area contributed by atoms with Crippen LogP contribution in [0, 0.1) is 5.92 Å². The molecule has 1 aromatic heterocycles. The molecule has 3 rings (SSSR count). The van der Waals surface area contributed by atoms with Gasteiger partial charge in [0.25, 0.3) is 0 Å². The number of thiazole rings is 1. The molecule has 4 heteroatoms. The van der Waals surface area contributed by atoms with Crippen molar-refractivity contribution in [2.24, 2.45) is 5.92 Å². The molecule has 1 heterocycles. The summed E-state index contributed by atoms with van der Waals surface area (Å²) >= 11 is 1.87. The lowest BCUT2D eigenvalue weighted by Gasteiger charge is -2.15. The van der Waals surface area contributed by atoms with Gasteiger partial charge in [-0.1, -0.05) is 6.92 Å². The smallest absolute Gasteiger partial charge is 0.119 e. The predicted octanol–water partition coefficient (Wildman–Crippen LogP) is 3.47. The molecule has 1 atom stereocenters. The minimum Gasteiger partial charge on any atom is -0.493 e. The van der Waals surface area contributed by atoms with Crippen molar-refractivity contribution in [3.05, 3.63) is 39.8 Å².